The zero-order valence-corrected chi connectivity index (χ0v) is 11.5. The summed E-state index contributed by atoms with van der Waals surface area (Å²) in [6.45, 7) is 5.87. The lowest BCUT2D eigenvalue weighted by molar-refractivity contribution is -0.117. The van der Waals surface area contributed by atoms with Crippen molar-refractivity contribution in [3.8, 4) is 5.75 Å². The average molecular weight is 261 g/mol. The predicted molar refractivity (Wildman–Crippen MR) is 73.6 cm³/mol. The third-order valence-corrected chi connectivity index (χ3v) is 2.97. The van der Waals surface area contributed by atoms with E-state index < -0.39 is 0 Å². The van der Waals surface area contributed by atoms with E-state index in [2.05, 4.69) is 5.32 Å². The summed E-state index contributed by atoms with van der Waals surface area (Å²) in [7, 11) is 0. The molecular formula is C15H19NO3. The molecule has 4 heteroatoms. The summed E-state index contributed by atoms with van der Waals surface area (Å²) in [4.78, 5) is 23.7. The van der Waals surface area contributed by atoms with Crippen molar-refractivity contribution in [1.82, 2.24) is 0 Å². The first-order valence-corrected chi connectivity index (χ1v) is 6.59. The number of Topliss-reactive ketones (excluding diaryl/α,β-unsaturated/α-hetero) is 1. The SMILES string of the molecule is CC(C)CC(=O)c1ccc2c(c1)NC(=O)CC(C)O2. The first kappa shape index (κ1) is 13.6. The molecule has 102 valence electrons. The van der Waals surface area contributed by atoms with Crippen molar-refractivity contribution in [2.75, 3.05) is 5.32 Å². The third-order valence-electron chi connectivity index (χ3n) is 2.97. The van der Waals surface area contributed by atoms with Crippen LogP contribution in [0.4, 0.5) is 5.69 Å². The van der Waals surface area contributed by atoms with Crippen LogP contribution in [-0.2, 0) is 4.79 Å². The summed E-state index contributed by atoms with van der Waals surface area (Å²) < 4.78 is 5.65. The second kappa shape index (κ2) is 5.43. The first-order valence-electron chi connectivity index (χ1n) is 6.59. The van der Waals surface area contributed by atoms with E-state index in [0.717, 1.165) is 0 Å². The molecule has 1 amide bonds. The number of carbonyl (C=O) groups excluding carboxylic acids is 2. The highest BCUT2D eigenvalue weighted by atomic mass is 16.5. The molecule has 2 rings (SSSR count). The van der Waals surface area contributed by atoms with Gasteiger partial charge in [-0.25, -0.2) is 0 Å². The molecule has 0 radical (unpaired) electrons. The number of hydrogen-bond acceptors (Lipinski definition) is 3. The topological polar surface area (TPSA) is 55.4 Å². The minimum Gasteiger partial charge on any atom is -0.488 e. The van der Waals surface area contributed by atoms with Crippen molar-refractivity contribution < 1.29 is 14.3 Å². The van der Waals surface area contributed by atoms with Crippen molar-refractivity contribution >= 4 is 17.4 Å². The van der Waals surface area contributed by atoms with Crippen LogP contribution < -0.4 is 10.1 Å². The number of ketones is 1. The molecule has 0 bridgehead atoms. The Kier molecular flexibility index (Phi) is 3.88. The highest BCUT2D eigenvalue weighted by Crippen LogP contribution is 2.30. The van der Waals surface area contributed by atoms with Crippen molar-refractivity contribution in [2.24, 2.45) is 5.92 Å². The Labute approximate surface area is 113 Å². The normalized spacial score (nSPS) is 18.3. The number of carbonyl (C=O) groups is 2. The summed E-state index contributed by atoms with van der Waals surface area (Å²) in [5.74, 6) is 0.945. The molecule has 1 atom stereocenters. The van der Waals surface area contributed by atoms with E-state index in [4.69, 9.17) is 4.74 Å². The Bertz CT molecular complexity index is 508. The van der Waals surface area contributed by atoms with Gasteiger partial charge in [0.2, 0.25) is 5.91 Å². The molecule has 1 aromatic rings. The fourth-order valence-corrected chi connectivity index (χ4v) is 2.11. The Balaban J connectivity index is 2.28. The Morgan fingerprint density at radius 2 is 2.21 bits per heavy atom. The van der Waals surface area contributed by atoms with Gasteiger partial charge in [0.05, 0.1) is 12.1 Å². The molecule has 4 nitrogen and oxygen atoms in total. The Morgan fingerprint density at radius 1 is 1.47 bits per heavy atom. The van der Waals surface area contributed by atoms with Crippen molar-refractivity contribution in [3.05, 3.63) is 23.8 Å². The molecule has 1 aliphatic rings. The van der Waals surface area contributed by atoms with Gasteiger partial charge in [0, 0.05) is 12.0 Å². The van der Waals surface area contributed by atoms with Crippen LogP contribution in [0.25, 0.3) is 0 Å². The van der Waals surface area contributed by atoms with Gasteiger partial charge in [-0.3, -0.25) is 9.59 Å². The fraction of sp³-hybridized carbons (Fsp3) is 0.467. The van der Waals surface area contributed by atoms with Gasteiger partial charge in [0.25, 0.3) is 0 Å². The van der Waals surface area contributed by atoms with Gasteiger partial charge in [-0.05, 0) is 31.0 Å². The van der Waals surface area contributed by atoms with Crippen LogP contribution in [0.3, 0.4) is 0 Å². The molecule has 1 aliphatic heterocycles. The maximum atomic E-state index is 12.0. The smallest absolute Gasteiger partial charge is 0.228 e. The second-order valence-electron chi connectivity index (χ2n) is 5.41. The zero-order chi connectivity index (χ0) is 14.0. The van der Waals surface area contributed by atoms with Crippen LogP contribution in [0.15, 0.2) is 18.2 Å². The minimum atomic E-state index is -0.154. The lowest BCUT2D eigenvalue weighted by Crippen LogP contribution is -2.17. The van der Waals surface area contributed by atoms with Gasteiger partial charge >= 0.3 is 0 Å². The maximum absolute atomic E-state index is 12.0. The summed E-state index contributed by atoms with van der Waals surface area (Å²) >= 11 is 0. The highest BCUT2D eigenvalue weighted by molar-refractivity contribution is 6.00. The second-order valence-corrected chi connectivity index (χ2v) is 5.41. The quantitative estimate of drug-likeness (QED) is 0.851. The predicted octanol–water partition coefficient (Wildman–Crippen LogP) is 3.02. The summed E-state index contributed by atoms with van der Waals surface area (Å²) in [6, 6.07) is 5.22. The number of rotatable bonds is 3. The molecule has 0 saturated heterocycles. The number of amides is 1. The van der Waals surface area contributed by atoms with Gasteiger partial charge in [-0.2, -0.15) is 0 Å². The molecule has 1 N–H and O–H groups in total. The molecule has 1 unspecified atom stereocenters. The molecule has 0 spiro atoms. The summed E-state index contributed by atoms with van der Waals surface area (Å²) in [5, 5.41) is 2.79. The van der Waals surface area contributed by atoms with Gasteiger partial charge in [-0.1, -0.05) is 13.8 Å². The van der Waals surface area contributed by atoms with Crippen molar-refractivity contribution in [1.29, 1.82) is 0 Å². The Hall–Kier alpha value is -1.84. The van der Waals surface area contributed by atoms with Crippen molar-refractivity contribution in [2.45, 2.75) is 39.7 Å². The molecule has 0 saturated carbocycles. The largest absolute Gasteiger partial charge is 0.488 e. The standard InChI is InChI=1S/C15H19NO3/c1-9(2)6-13(17)11-4-5-14-12(8-11)16-15(18)7-10(3)19-14/h4-5,8-10H,6-7H2,1-3H3,(H,16,18). The van der Waals surface area contributed by atoms with Crippen LogP contribution >= 0.6 is 0 Å². The number of anilines is 1. The van der Waals surface area contributed by atoms with E-state index in [9.17, 15) is 9.59 Å². The molecule has 0 fully saturated rings. The summed E-state index contributed by atoms with van der Waals surface area (Å²) in [6.07, 6.45) is 0.673. The third kappa shape index (κ3) is 3.34. The van der Waals surface area contributed by atoms with Crippen LogP contribution in [0.5, 0.6) is 5.75 Å². The van der Waals surface area contributed by atoms with Crippen LogP contribution in [-0.4, -0.2) is 17.8 Å². The van der Waals surface area contributed by atoms with Crippen LogP contribution in [0.2, 0.25) is 0 Å². The molecule has 0 aromatic heterocycles. The van der Waals surface area contributed by atoms with E-state index in [1.165, 1.54) is 0 Å². The van der Waals surface area contributed by atoms with E-state index in [-0.39, 0.29) is 17.8 Å². The molecule has 1 heterocycles. The minimum absolute atomic E-state index is 0.0836. The highest BCUT2D eigenvalue weighted by Gasteiger charge is 2.20. The van der Waals surface area contributed by atoms with Crippen molar-refractivity contribution in [3.63, 3.8) is 0 Å². The lowest BCUT2D eigenvalue weighted by atomic mass is 10.0. The first-order chi connectivity index (χ1) is 8.95. The van der Waals surface area contributed by atoms with Crippen LogP contribution in [0.1, 0.15) is 44.0 Å². The van der Waals surface area contributed by atoms with Gasteiger partial charge in [-0.15, -0.1) is 0 Å². The molecule has 1 aromatic carbocycles. The molecule has 0 aliphatic carbocycles. The number of hydrogen-bond donors (Lipinski definition) is 1. The van der Waals surface area contributed by atoms with Gasteiger partial charge < -0.3 is 10.1 Å². The van der Waals surface area contributed by atoms with E-state index in [1.807, 2.05) is 20.8 Å². The Morgan fingerprint density at radius 3 is 2.89 bits per heavy atom. The molecular weight excluding hydrogens is 242 g/mol. The maximum Gasteiger partial charge on any atom is 0.228 e. The number of ether oxygens (including phenoxy) is 1. The number of nitrogens with one attached hydrogen (secondary N) is 1. The zero-order valence-electron chi connectivity index (χ0n) is 11.5. The molecule has 19 heavy (non-hydrogen) atoms. The van der Waals surface area contributed by atoms with Crippen LogP contribution in [0, 0.1) is 5.92 Å². The van der Waals surface area contributed by atoms with E-state index >= 15 is 0 Å². The average Bonchev–Trinajstić information content (AvgIpc) is 2.43. The van der Waals surface area contributed by atoms with Gasteiger partial charge in [0.1, 0.15) is 11.9 Å². The monoisotopic (exact) mass is 261 g/mol. The lowest BCUT2D eigenvalue weighted by Gasteiger charge is -2.12. The number of benzene rings is 1. The van der Waals surface area contributed by atoms with E-state index in [1.54, 1.807) is 18.2 Å². The summed E-state index contributed by atoms with van der Waals surface area (Å²) in [5.41, 5.74) is 1.20. The fourth-order valence-electron chi connectivity index (χ4n) is 2.11. The van der Waals surface area contributed by atoms with Gasteiger partial charge in [0.15, 0.2) is 5.78 Å². The number of fused-ring (bicyclic) bond motifs is 1. The van der Waals surface area contributed by atoms with E-state index in [0.29, 0.717) is 35.8 Å².